The van der Waals surface area contributed by atoms with Crippen molar-refractivity contribution in [3.05, 3.63) is 0 Å². The van der Waals surface area contributed by atoms with Crippen LogP contribution in [0.25, 0.3) is 0 Å². The first-order valence-corrected chi connectivity index (χ1v) is 5.91. The lowest BCUT2D eigenvalue weighted by Gasteiger charge is -2.12. The van der Waals surface area contributed by atoms with E-state index in [2.05, 4.69) is 4.74 Å². The molecule has 0 fully saturated rings. The van der Waals surface area contributed by atoms with Gasteiger partial charge < -0.3 is 15.2 Å². The number of amides is 1. The van der Waals surface area contributed by atoms with Crippen molar-refractivity contribution in [2.45, 2.75) is 26.3 Å². The van der Waals surface area contributed by atoms with Crippen molar-refractivity contribution in [2.24, 2.45) is 0 Å². The largest absolute Gasteiger partial charge is 0.480 e. The summed E-state index contributed by atoms with van der Waals surface area (Å²) in [4.78, 5) is 44.7. The zero-order valence-corrected chi connectivity index (χ0v) is 11.0. The molecule has 0 rings (SSSR count). The maximum absolute atomic E-state index is 12.0. The Morgan fingerprint density at radius 3 is 2.47 bits per heavy atom. The minimum atomic E-state index is -3.46. The van der Waals surface area contributed by atoms with Crippen LogP contribution in [0.5, 0.6) is 0 Å². The highest BCUT2D eigenvalue weighted by atomic mass is 32.2. The molecule has 0 aliphatic rings. The van der Waals surface area contributed by atoms with Gasteiger partial charge in [-0.3, -0.25) is 14.4 Å². The molecule has 108 valence electrons. The number of hydrogen-bond donors (Lipinski definition) is 2. The van der Waals surface area contributed by atoms with E-state index in [-0.39, 0.29) is 11.8 Å². The van der Waals surface area contributed by atoms with E-state index in [9.17, 15) is 19.2 Å². The number of aliphatic carboxylic acids is 1. The molecule has 0 aromatic heterocycles. The summed E-state index contributed by atoms with van der Waals surface area (Å²) in [5, 5.41) is 10.9. The second-order valence-electron chi connectivity index (χ2n) is 3.15. The first-order valence-electron chi connectivity index (χ1n) is 7.93. The average molecular weight is 297 g/mol. The number of esters is 1. The highest BCUT2D eigenvalue weighted by Crippen LogP contribution is 2.06. The monoisotopic (exact) mass is 297 g/mol. The van der Waals surface area contributed by atoms with Crippen LogP contribution in [-0.4, -0.2) is 52.8 Å². The Morgan fingerprint density at radius 2 is 2.00 bits per heavy atom. The van der Waals surface area contributed by atoms with E-state index < -0.39 is 54.1 Å². The van der Waals surface area contributed by atoms with Gasteiger partial charge in [0.1, 0.15) is 12.6 Å². The summed E-state index contributed by atoms with van der Waals surface area (Å²) < 4.78 is 49.1. The molecular formula is C11H17NO6S. The lowest BCUT2D eigenvalue weighted by atomic mass is 10.3. The molecule has 0 spiro atoms. The zero-order valence-electron chi connectivity index (χ0n) is 16.2. The van der Waals surface area contributed by atoms with Crippen LogP contribution in [0, 0.1) is 0 Å². The Kier molecular flexibility index (Phi) is 4.61. The maximum Gasteiger partial charge on any atom is 0.327 e. The average Bonchev–Trinajstić information content (AvgIpc) is 2.40. The van der Waals surface area contributed by atoms with E-state index >= 15 is 0 Å². The molecule has 2 N–H and O–H groups in total. The third kappa shape index (κ3) is 10.1. The highest BCUT2D eigenvalue weighted by molar-refractivity contribution is 7.99. The molecule has 0 aromatic rings. The molecule has 7 nitrogen and oxygen atoms in total. The second-order valence-corrected chi connectivity index (χ2v) is 3.98. The van der Waals surface area contributed by atoms with E-state index in [0.29, 0.717) is 0 Å². The molecule has 1 amide bonds. The first kappa shape index (κ1) is 9.35. The van der Waals surface area contributed by atoms with Crippen LogP contribution in [0.1, 0.15) is 28.4 Å². The smallest absolute Gasteiger partial charge is 0.327 e. The van der Waals surface area contributed by atoms with Gasteiger partial charge in [0.05, 0.1) is 2.74 Å². The van der Waals surface area contributed by atoms with Crippen molar-refractivity contribution in [1.29, 1.82) is 0 Å². The molecule has 0 heterocycles. The van der Waals surface area contributed by atoms with Crippen molar-refractivity contribution in [1.82, 2.24) is 5.32 Å². The van der Waals surface area contributed by atoms with Crippen molar-refractivity contribution in [3.63, 3.8) is 0 Å². The molecular weight excluding hydrogens is 274 g/mol. The van der Waals surface area contributed by atoms with Crippen LogP contribution in [0.15, 0.2) is 0 Å². The number of ketones is 1. The number of Topliss-reactive ketones (excluding diaryl/α,β-unsaturated/α-hetero) is 1. The molecule has 0 saturated carbocycles. The van der Waals surface area contributed by atoms with E-state index in [1.165, 1.54) is 0 Å². The number of carbonyl (C=O) groups is 4. The van der Waals surface area contributed by atoms with Crippen LogP contribution < -0.4 is 5.32 Å². The number of nitrogens with one attached hydrogen (secondary N) is 1. The van der Waals surface area contributed by atoms with E-state index in [1.54, 1.807) is 0 Å². The molecule has 0 saturated heterocycles. The fraction of sp³-hybridized carbons (Fsp3) is 0.636. The van der Waals surface area contributed by atoms with Gasteiger partial charge >= 0.3 is 11.9 Å². The van der Waals surface area contributed by atoms with Gasteiger partial charge in [-0.1, -0.05) is 0 Å². The van der Waals surface area contributed by atoms with E-state index in [1.807, 2.05) is 5.32 Å². The summed E-state index contributed by atoms with van der Waals surface area (Å²) in [5.41, 5.74) is -3.08. The predicted molar refractivity (Wildman–Crippen MR) is 68.8 cm³/mol. The van der Waals surface area contributed by atoms with Crippen LogP contribution in [0.2, 0.25) is 0 Å². The first-order chi connectivity index (χ1) is 11.0. The van der Waals surface area contributed by atoms with Crippen molar-refractivity contribution in [2.75, 3.05) is 18.0 Å². The molecule has 8 heteroatoms. The Labute approximate surface area is 123 Å². The van der Waals surface area contributed by atoms with E-state index in [4.69, 9.17) is 13.3 Å². The Bertz CT molecular complexity index is 569. The minimum Gasteiger partial charge on any atom is -0.480 e. The Morgan fingerprint density at radius 1 is 1.37 bits per heavy atom. The van der Waals surface area contributed by atoms with Crippen LogP contribution in [-0.2, 0) is 23.9 Å². The quantitative estimate of drug-likeness (QED) is 0.569. The van der Waals surface area contributed by atoms with Crippen LogP contribution in [0.3, 0.4) is 0 Å². The third-order valence-corrected chi connectivity index (χ3v) is 2.20. The molecule has 0 radical (unpaired) electrons. The van der Waals surface area contributed by atoms with Crippen molar-refractivity contribution in [3.8, 4) is 0 Å². The summed E-state index contributed by atoms with van der Waals surface area (Å²) in [5.74, 6) is -6.02. The molecule has 1 atom stereocenters. The molecule has 0 aromatic carbocycles. The number of thioether (sulfide) groups is 1. The molecule has 0 aliphatic carbocycles. The van der Waals surface area contributed by atoms with E-state index in [0.717, 1.165) is 13.8 Å². The Balaban J connectivity index is 5.32. The van der Waals surface area contributed by atoms with Gasteiger partial charge in [0.15, 0.2) is 5.78 Å². The number of carboxylic acids is 1. The van der Waals surface area contributed by atoms with Crippen LogP contribution >= 0.6 is 11.8 Å². The SMILES string of the molecule is [2H]C([2H])(OC(C)=O)C(=O)C([2H])([2H])C([2H])([2H])SCC(NC(C)=O)C(=O)O. The predicted octanol–water partition coefficient (Wildman–Crippen LogP) is -0.169. The molecule has 1 unspecified atom stereocenters. The fourth-order valence-corrected chi connectivity index (χ4v) is 1.41. The van der Waals surface area contributed by atoms with Gasteiger partial charge in [-0.25, -0.2) is 4.79 Å². The maximum atomic E-state index is 12.0. The summed E-state index contributed by atoms with van der Waals surface area (Å²) in [7, 11) is 0. The topological polar surface area (TPSA) is 110 Å². The van der Waals surface area contributed by atoms with Crippen molar-refractivity contribution < 1.29 is 37.2 Å². The number of rotatable bonds is 9. The number of ether oxygens (including phenoxy) is 1. The molecule has 19 heavy (non-hydrogen) atoms. The summed E-state index contributed by atoms with van der Waals surface area (Å²) >= 11 is 0.0622. The van der Waals surface area contributed by atoms with Crippen molar-refractivity contribution >= 4 is 35.4 Å². The lowest BCUT2D eigenvalue weighted by Crippen LogP contribution is -2.41. The fourth-order valence-electron chi connectivity index (χ4n) is 0.771. The third-order valence-electron chi connectivity index (χ3n) is 1.45. The summed E-state index contributed by atoms with van der Waals surface area (Å²) in [6, 6.07) is -1.55. The Hall–Kier alpha value is -1.57. The number of carbonyl (C=O) groups excluding carboxylic acids is 3. The van der Waals surface area contributed by atoms with Crippen LogP contribution in [0.4, 0.5) is 0 Å². The summed E-state index contributed by atoms with van der Waals surface area (Å²) in [6.07, 6.45) is -3.46. The lowest BCUT2D eigenvalue weighted by molar-refractivity contribution is -0.145. The second kappa shape index (κ2) is 9.37. The molecule has 0 aliphatic heterocycles. The molecule has 0 bridgehead atoms. The number of hydrogen-bond acceptors (Lipinski definition) is 6. The van der Waals surface area contributed by atoms with Gasteiger partial charge in [0.2, 0.25) is 5.91 Å². The van der Waals surface area contributed by atoms with Gasteiger partial charge in [0, 0.05) is 37.2 Å². The standard InChI is InChI=1S/C11H17NO6S/c1-7(13)12-10(11(16)17)6-19-4-3-9(15)5-18-8(2)14/h10H,3-6H2,1-2H3,(H,12,13)(H,16,17)/i3D2,4D2,5D2. The normalized spacial score (nSPS) is 18.4. The summed E-state index contributed by atoms with van der Waals surface area (Å²) in [6.45, 7) is -1.59. The highest BCUT2D eigenvalue weighted by Gasteiger charge is 2.18. The van der Waals surface area contributed by atoms with Gasteiger partial charge in [-0.15, -0.1) is 0 Å². The van der Waals surface area contributed by atoms with Gasteiger partial charge in [-0.05, 0) is 0 Å². The van der Waals surface area contributed by atoms with Gasteiger partial charge in [-0.2, -0.15) is 11.8 Å². The van der Waals surface area contributed by atoms with Gasteiger partial charge in [0.25, 0.3) is 0 Å². The zero-order chi connectivity index (χ0) is 20.2. The number of carboxylic acid groups (broad SMARTS) is 1. The minimum absolute atomic E-state index is 0.0622.